The van der Waals surface area contributed by atoms with Crippen LogP contribution in [0.1, 0.15) is 47.3 Å². The third-order valence-electron chi connectivity index (χ3n) is 5.24. The van der Waals surface area contributed by atoms with Crippen molar-refractivity contribution in [2.75, 3.05) is 13.1 Å². The third-order valence-corrected chi connectivity index (χ3v) is 5.24. The molecular formula is C21H25F2N3O2. The molecular weight excluding hydrogens is 364 g/mol. The molecule has 2 heterocycles. The predicted molar refractivity (Wildman–Crippen MR) is 102 cm³/mol. The number of halogens is 2. The van der Waals surface area contributed by atoms with Crippen molar-refractivity contribution in [2.24, 2.45) is 5.92 Å². The summed E-state index contributed by atoms with van der Waals surface area (Å²) in [5.41, 5.74) is 2.08. The number of hydrogen-bond donors (Lipinski definition) is 2. The number of aromatic amines is 1. The number of carbonyl (C=O) groups excluding carboxylic acids is 2. The first-order valence-corrected chi connectivity index (χ1v) is 9.58. The van der Waals surface area contributed by atoms with Crippen LogP contribution in [0.15, 0.2) is 30.5 Å². The van der Waals surface area contributed by atoms with E-state index < -0.39 is 11.6 Å². The van der Waals surface area contributed by atoms with Crippen LogP contribution in [0.4, 0.5) is 8.78 Å². The van der Waals surface area contributed by atoms with Crippen molar-refractivity contribution >= 4 is 11.8 Å². The van der Waals surface area contributed by atoms with Gasteiger partial charge in [0, 0.05) is 37.9 Å². The first-order chi connectivity index (χ1) is 13.4. The second-order valence-corrected chi connectivity index (χ2v) is 7.34. The highest BCUT2D eigenvalue weighted by Gasteiger charge is 2.25. The summed E-state index contributed by atoms with van der Waals surface area (Å²) in [4.78, 5) is 29.6. The van der Waals surface area contributed by atoms with E-state index in [9.17, 15) is 18.4 Å². The standard InChI is InChI=1S/C21H25F2N3O2/c1-14-17(8-9-24-14)21(28)26-10-2-3-15(13-26)5-7-20(27)25-12-16-4-6-18(22)19(23)11-16/h4,6,8-9,11,15,24H,2-3,5,7,10,12-13H2,1H3,(H,25,27)/t15-/m1/s1. The van der Waals surface area contributed by atoms with E-state index >= 15 is 0 Å². The first kappa shape index (κ1) is 20.0. The van der Waals surface area contributed by atoms with Crippen LogP contribution < -0.4 is 5.32 Å². The number of nitrogens with one attached hydrogen (secondary N) is 2. The zero-order valence-corrected chi connectivity index (χ0v) is 15.9. The number of nitrogens with zero attached hydrogens (tertiary/aromatic N) is 1. The van der Waals surface area contributed by atoms with Crippen molar-refractivity contribution in [3.05, 3.63) is 58.9 Å². The fraction of sp³-hybridized carbons (Fsp3) is 0.429. The average Bonchev–Trinajstić information content (AvgIpc) is 3.12. The molecule has 1 aromatic heterocycles. The van der Waals surface area contributed by atoms with Crippen LogP contribution in [0.2, 0.25) is 0 Å². The molecule has 1 aromatic carbocycles. The van der Waals surface area contributed by atoms with Gasteiger partial charge in [0.2, 0.25) is 5.91 Å². The van der Waals surface area contributed by atoms with Crippen molar-refractivity contribution in [1.82, 2.24) is 15.2 Å². The maximum Gasteiger partial charge on any atom is 0.255 e. The fourth-order valence-electron chi connectivity index (χ4n) is 3.61. The third kappa shape index (κ3) is 4.97. The van der Waals surface area contributed by atoms with E-state index in [1.54, 1.807) is 12.3 Å². The second-order valence-electron chi connectivity index (χ2n) is 7.34. The Bertz CT molecular complexity index is 850. The zero-order valence-electron chi connectivity index (χ0n) is 15.9. The van der Waals surface area contributed by atoms with E-state index in [4.69, 9.17) is 0 Å². The van der Waals surface area contributed by atoms with Gasteiger partial charge < -0.3 is 15.2 Å². The molecule has 2 amide bonds. The van der Waals surface area contributed by atoms with Gasteiger partial charge in [0.25, 0.3) is 5.91 Å². The summed E-state index contributed by atoms with van der Waals surface area (Å²) in [7, 11) is 0. The molecule has 0 bridgehead atoms. The minimum Gasteiger partial charge on any atom is -0.365 e. The van der Waals surface area contributed by atoms with E-state index in [-0.39, 0.29) is 24.3 Å². The number of aromatic nitrogens is 1. The Morgan fingerprint density at radius 1 is 1.25 bits per heavy atom. The number of carbonyl (C=O) groups is 2. The molecule has 1 fully saturated rings. The summed E-state index contributed by atoms with van der Waals surface area (Å²) in [6.45, 7) is 3.44. The highest BCUT2D eigenvalue weighted by molar-refractivity contribution is 5.95. The van der Waals surface area contributed by atoms with Gasteiger partial charge >= 0.3 is 0 Å². The number of piperidine rings is 1. The maximum atomic E-state index is 13.2. The van der Waals surface area contributed by atoms with Gasteiger partial charge in [0.15, 0.2) is 11.6 Å². The van der Waals surface area contributed by atoms with Gasteiger partial charge in [-0.15, -0.1) is 0 Å². The summed E-state index contributed by atoms with van der Waals surface area (Å²) >= 11 is 0. The smallest absolute Gasteiger partial charge is 0.255 e. The van der Waals surface area contributed by atoms with Crippen LogP contribution >= 0.6 is 0 Å². The van der Waals surface area contributed by atoms with Crippen LogP contribution in [0.5, 0.6) is 0 Å². The molecule has 1 atom stereocenters. The average molecular weight is 389 g/mol. The SMILES string of the molecule is Cc1[nH]ccc1C(=O)N1CCC[C@H](CCC(=O)NCc2ccc(F)c(F)c2)C1. The van der Waals surface area contributed by atoms with Gasteiger partial charge in [0.05, 0.1) is 5.56 Å². The minimum absolute atomic E-state index is 0.0336. The van der Waals surface area contributed by atoms with Crippen LogP contribution in [-0.4, -0.2) is 34.8 Å². The predicted octanol–water partition coefficient (Wildman–Crippen LogP) is 3.55. The molecule has 3 rings (SSSR count). The Morgan fingerprint density at radius 2 is 2.07 bits per heavy atom. The Kier molecular flexibility index (Phi) is 6.44. The lowest BCUT2D eigenvalue weighted by atomic mass is 9.93. The van der Waals surface area contributed by atoms with Crippen LogP contribution in [0.3, 0.4) is 0 Å². The fourth-order valence-corrected chi connectivity index (χ4v) is 3.61. The minimum atomic E-state index is -0.920. The summed E-state index contributed by atoms with van der Waals surface area (Å²) in [5, 5.41) is 2.74. The van der Waals surface area contributed by atoms with Crippen molar-refractivity contribution in [3.8, 4) is 0 Å². The number of rotatable bonds is 6. The molecule has 0 aliphatic carbocycles. The topological polar surface area (TPSA) is 65.2 Å². The van der Waals surface area contributed by atoms with Crippen molar-refractivity contribution in [2.45, 2.75) is 39.2 Å². The molecule has 7 heteroatoms. The number of aryl methyl sites for hydroxylation is 1. The Labute approximate surface area is 163 Å². The van der Waals surface area contributed by atoms with Crippen LogP contribution in [0.25, 0.3) is 0 Å². The molecule has 5 nitrogen and oxygen atoms in total. The van der Waals surface area contributed by atoms with Gasteiger partial charge in [-0.25, -0.2) is 8.78 Å². The molecule has 0 unspecified atom stereocenters. The highest BCUT2D eigenvalue weighted by atomic mass is 19.2. The first-order valence-electron chi connectivity index (χ1n) is 9.58. The molecule has 0 saturated carbocycles. The van der Waals surface area contributed by atoms with Gasteiger partial charge in [-0.05, 0) is 55.9 Å². The highest BCUT2D eigenvalue weighted by Crippen LogP contribution is 2.23. The summed E-state index contributed by atoms with van der Waals surface area (Å²) in [6, 6.07) is 5.39. The number of amides is 2. The van der Waals surface area contributed by atoms with E-state index in [0.717, 1.165) is 37.2 Å². The number of hydrogen-bond acceptors (Lipinski definition) is 2. The number of likely N-dealkylation sites (tertiary alicyclic amines) is 1. The van der Waals surface area contributed by atoms with Gasteiger partial charge in [0.1, 0.15) is 0 Å². The molecule has 28 heavy (non-hydrogen) atoms. The summed E-state index contributed by atoms with van der Waals surface area (Å²) in [5.74, 6) is -1.63. The molecule has 0 radical (unpaired) electrons. The Hall–Kier alpha value is -2.70. The van der Waals surface area contributed by atoms with E-state index in [2.05, 4.69) is 10.3 Å². The quantitative estimate of drug-likeness (QED) is 0.794. The molecule has 2 aromatic rings. The van der Waals surface area contributed by atoms with Gasteiger partial charge in [-0.3, -0.25) is 9.59 Å². The lowest BCUT2D eigenvalue weighted by Crippen LogP contribution is -2.40. The Morgan fingerprint density at radius 3 is 2.79 bits per heavy atom. The summed E-state index contributed by atoms with van der Waals surface area (Å²) < 4.78 is 26.1. The normalized spacial score (nSPS) is 16.8. The molecule has 1 saturated heterocycles. The van der Waals surface area contributed by atoms with E-state index in [0.29, 0.717) is 30.5 Å². The van der Waals surface area contributed by atoms with Gasteiger partial charge in [-0.2, -0.15) is 0 Å². The molecule has 2 N–H and O–H groups in total. The monoisotopic (exact) mass is 389 g/mol. The molecule has 1 aliphatic heterocycles. The second kappa shape index (κ2) is 8.99. The van der Waals surface area contributed by atoms with E-state index in [1.165, 1.54) is 6.07 Å². The lowest BCUT2D eigenvalue weighted by Gasteiger charge is -2.32. The van der Waals surface area contributed by atoms with Crippen LogP contribution in [0, 0.1) is 24.5 Å². The van der Waals surface area contributed by atoms with Crippen molar-refractivity contribution < 1.29 is 18.4 Å². The molecule has 150 valence electrons. The van der Waals surface area contributed by atoms with Gasteiger partial charge in [-0.1, -0.05) is 6.07 Å². The summed E-state index contributed by atoms with van der Waals surface area (Å²) in [6.07, 6.45) is 4.73. The number of H-pyrrole nitrogens is 1. The van der Waals surface area contributed by atoms with Crippen molar-refractivity contribution in [1.29, 1.82) is 0 Å². The largest absolute Gasteiger partial charge is 0.365 e. The molecule has 0 spiro atoms. The zero-order chi connectivity index (χ0) is 20.1. The molecule has 1 aliphatic rings. The van der Waals surface area contributed by atoms with Crippen LogP contribution in [-0.2, 0) is 11.3 Å². The van der Waals surface area contributed by atoms with Crippen molar-refractivity contribution in [3.63, 3.8) is 0 Å². The maximum absolute atomic E-state index is 13.2. The lowest BCUT2D eigenvalue weighted by molar-refractivity contribution is -0.121. The Balaban J connectivity index is 1.44. The van der Waals surface area contributed by atoms with E-state index in [1.807, 2.05) is 11.8 Å². The number of benzene rings is 1.